The number of hydrazone groups is 1. The van der Waals surface area contributed by atoms with Crippen LogP contribution in [-0.2, 0) is 16.1 Å². The van der Waals surface area contributed by atoms with Crippen molar-refractivity contribution in [1.29, 1.82) is 0 Å². The summed E-state index contributed by atoms with van der Waals surface area (Å²) >= 11 is 6.24. The highest BCUT2D eigenvalue weighted by Crippen LogP contribution is 2.30. The molecule has 2 aliphatic rings. The molecule has 0 aliphatic carbocycles. The maximum absolute atomic E-state index is 13.1. The fourth-order valence-electron chi connectivity index (χ4n) is 4.03. The number of nitrogens with zero attached hydrogens (tertiary/aromatic N) is 4. The fraction of sp³-hybridized carbons (Fsp3) is 0.375. The maximum atomic E-state index is 13.1. The molecule has 1 fully saturated rings. The Morgan fingerprint density at radius 2 is 1.81 bits per heavy atom. The Morgan fingerprint density at radius 1 is 1.06 bits per heavy atom. The van der Waals surface area contributed by atoms with E-state index in [0.717, 1.165) is 44.0 Å². The zero-order chi connectivity index (χ0) is 22.5. The Morgan fingerprint density at radius 3 is 2.53 bits per heavy atom. The van der Waals surface area contributed by atoms with Crippen molar-refractivity contribution >= 4 is 40.5 Å². The van der Waals surface area contributed by atoms with Gasteiger partial charge in [-0.2, -0.15) is 5.10 Å². The Bertz CT molecular complexity index is 1000. The number of carbonyl (C=O) groups excluding carboxylic acids is 2. The van der Waals surface area contributed by atoms with Gasteiger partial charge in [0.2, 0.25) is 5.91 Å². The topological polar surface area (TPSA) is 68.2 Å². The van der Waals surface area contributed by atoms with Crippen LogP contribution in [0.3, 0.4) is 0 Å². The van der Waals surface area contributed by atoms with E-state index in [9.17, 15) is 9.59 Å². The van der Waals surface area contributed by atoms with E-state index in [0.29, 0.717) is 29.4 Å². The molecule has 0 unspecified atom stereocenters. The minimum atomic E-state index is -0.300. The third-order valence-corrected chi connectivity index (χ3v) is 6.14. The lowest BCUT2D eigenvalue weighted by Gasteiger charge is -2.36. The van der Waals surface area contributed by atoms with E-state index < -0.39 is 0 Å². The van der Waals surface area contributed by atoms with Crippen LogP contribution >= 0.6 is 11.6 Å². The van der Waals surface area contributed by atoms with Crippen LogP contribution in [-0.4, -0.2) is 60.2 Å². The Kier molecular flexibility index (Phi) is 7.07. The van der Waals surface area contributed by atoms with Crippen molar-refractivity contribution in [3.8, 4) is 0 Å². The van der Waals surface area contributed by atoms with Gasteiger partial charge in [0.1, 0.15) is 5.71 Å². The molecule has 0 atom stereocenters. The summed E-state index contributed by atoms with van der Waals surface area (Å²) in [5.74, 6) is -0.381. The highest BCUT2D eigenvalue weighted by Gasteiger charge is 2.26. The van der Waals surface area contributed by atoms with Crippen molar-refractivity contribution < 1.29 is 9.59 Å². The smallest absolute Gasteiger partial charge is 0.271 e. The second-order valence-corrected chi connectivity index (χ2v) is 8.46. The van der Waals surface area contributed by atoms with E-state index in [2.05, 4.69) is 27.1 Å². The first kappa shape index (κ1) is 22.3. The van der Waals surface area contributed by atoms with Crippen LogP contribution in [0.5, 0.6) is 0 Å². The highest BCUT2D eigenvalue weighted by molar-refractivity contribution is 6.44. The van der Waals surface area contributed by atoms with E-state index in [1.54, 1.807) is 6.07 Å². The highest BCUT2D eigenvalue weighted by atomic mass is 35.5. The zero-order valence-electron chi connectivity index (χ0n) is 18.3. The molecular weight excluding hydrogens is 426 g/mol. The molecule has 4 rings (SSSR count). The van der Waals surface area contributed by atoms with Crippen molar-refractivity contribution in [2.45, 2.75) is 26.3 Å². The monoisotopic (exact) mass is 453 g/mol. The Hall–Kier alpha value is -2.90. The molecule has 32 heavy (non-hydrogen) atoms. The minimum Gasteiger partial charge on any atom is -0.367 e. The number of hydrogen-bond acceptors (Lipinski definition) is 5. The first-order chi connectivity index (χ1) is 15.5. The van der Waals surface area contributed by atoms with Gasteiger partial charge in [0.05, 0.1) is 17.9 Å². The normalized spacial score (nSPS) is 17.3. The molecule has 1 N–H and O–H groups in total. The largest absolute Gasteiger partial charge is 0.367 e. The molecule has 2 amide bonds. The number of benzene rings is 2. The number of amides is 2. The SMILES string of the molecule is CCN1CCN(c2ccc(Cl)cc2NC(=O)C2=NN(Cc3ccccc3)C(=O)CC2)CC1. The van der Waals surface area contributed by atoms with Gasteiger partial charge < -0.3 is 15.1 Å². The standard InChI is InChI=1S/C24H28ClN5O2/c1-2-28-12-14-29(15-13-28)22-10-8-19(25)16-21(22)26-24(32)20-9-11-23(31)30(27-20)17-18-6-4-3-5-7-18/h3-8,10,16H,2,9,11-15,17H2,1H3,(H,26,32). The molecule has 7 nitrogen and oxygen atoms in total. The van der Waals surface area contributed by atoms with Crippen molar-refractivity contribution in [2.75, 3.05) is 42.9 Å². The van der Waals surface area contributed by atoms with Gasteiger partial charge >= 0.3 is 0 Å². The number of hydrogen-bond donors (Lipinski definition) is 1. The van der Waals surface area contributed by atoms with E-state index in [-0.39, 0.29) is 18.2 Å². The van der Waals surface area contributed by atoms with Crippen molar-refractivity contribution in [3.63, 3.8) is 0 Å². The lowest BCUT2D eigenvalue weighted by atomic mass is 10.1. The van der Waals surface area contributed by atoms with E-state index in [4.69, 9.17) is 11.6 Å². The number of likely N-dealkylation sites (N-methyl/N-ethyl adjacent to an activating group) is 1. The molecule has 2 aromatic rings. The third-order valence-electron chi connectivity index (χ3n) is 5.91. The second kappa shape index (κ2) is 10.1. The summed E-state index contributed by atoms with van der Waals surface area (Å²) < 4.78 is 0. The van der Waals surface area contributed by atoms with Gasteiger partial charge in [-0.3, -0.25) is 9.59 Å². The summed E-state index contributed by atoms with van der Waals surface area (Å²) in [4.78, 5) is 30.1. The lowest BCUT2D eigenvalue weighted by Crippen LogP contribution is -2.46. The summed E-state index contributed by atoms with van der Waals surface area (Å²) in [6.45, 7) is 7.29. The molecule has 0 saturated carbocycles. The lowest BCUT2D eigenvalue weighted by molar-refractivity contribution is -0.132. The minimum absolute atomic E-state index is 0.0809. The van der Waals surface area contributed by atoms with Gasteiger partial charge in [-0.15, -0.1) is 0 Å². The maximum Gasteiger partial charge on any atom is 0.271 e. The zero-order valence-corrected chi connectivity index (χ0v) is 19.0. The predicted octanol–water partition coefficient (Wildman–Crippen LogP) is 3.60. The van der Waals surface area contributed by atoms with Crippen LogP contribution < -0.4 is 10.2 Å². The van der Waals surface area contributed by atoms with Gasteiger partial charge in [-0.1, -0.05) is 48.9 Å². The fourth-order valence-corrected chi connectivity index (χ4v) is 4.20. The molecule has 168 valence electrons. The van der Waals surface area contributed by atoms with E-state index >= 15 is 0 Å². The van der Waals surface area contributed by atoms with Crippen LogP contribution in [0.4, 0.5) is 11.4 Å². The van der Waals surface area contributed by atoms with Crippen molar-refractivity contribution in [1.82, 2.24) is 9.91 Å². The molecule has 0 aromatic heterocycles. The molecule has 2 aromatic carbocycles. The molecular formula is C24H28ClN5O2. The van der Waals surface area contributed by atoms with Gasteiger partial charge in [-0.25, -0.2) is 5.01 Å². The Balaban J connectivity index is 1.50. The van der Waals surface area contributed by atoms with Crippen LogP contribution in [0.2, 0.25) is 5.02 Å². The summed E-state index contributed by atoms with van der Waals surface area (Å²) in [5, 5.41) is 9.31. The average molecular weight is 454 g/mol. The molecule has 0 bridgehead atoms. The Labute approximate surface area is 193 Å². The van der Waals surface area contributed by atoms with Gasteiger partial charge in [-0.05, 0) is 30.3 Å². The molecule has 0 radical (unpaired) electrons. The summed E-state index contributed by atoms with van der Waals surface area (Å²) in [6.07, 6.45) is 0.585. The van der Waals surface area contributed by atoms with E-state index in [1.165, 1.54) is 5.01 Å². The van der Waals surface area contributed by atoms with Crippen LogP contribution in [0, 0.1) is 0 Å². The van der Waals surface area contributed by atoms with Crippen LogP contribution in [0.1, 0.15) is 25.3 Å². The predicted molar refractivity (Wildman–Crippen MR) is 128 cm³/mol. The first-order valence-corrected chi connectivity index (χ1v) is 11.4. The molecule has 2 heterocycles. The number of rotatable bonds is 6. The summed E-state index contributed by atoms with van der Waals surface area (Å²) in [6, 6.07) is 15.2. The van der Waals surface area contributed by atoms with Crippen molar-refractivity contribution in [2.24, 2.45) is 5.10 Å². The van der Waals surface area contributed by atoms with Crippen molar-refractivity contribution in [3.05, 3.63) is 59.1 Å². The average Bonchev–Trinajstić information content (AvgIpc) is 2.81. The van der Waals surface area contributed by atoms with Crippen LogP contribution in [0.15, 0.2) is 53.6 Å². The number of piperazine rings is 1. The van der Waals surface area contributed by atoms with Gasteiger partial charge in [0.15, 0.2) is 0 Å². The third kappa shape index (κ3) is 5.29. The molecule has 8 heteroatoms. The number of halogens is 1. The molecule has 2 aliphatic heterocycles. The first-order valence-electron chi connectivity index (χ1n) is 11.0. The van der Waals surface area contributed by atoms with Gasteiger partial charge in [0.25, 0.3) is 5.91 Å². The number of anilines is 2. The second-order valence-electron chi connectivity index (χ2n) is 8.02. The summed E-state index contributed by atoms with van der Waals surface area (Å²) in [5.41, 5.74) is 2.94. The van der Waals surface area contributed by atoms with Gasteiger partial charge in [0, 0.05) is 44.0 Å². The summed E-state index contributed by atoms with van der Waals surface area (Å²) in [7, 11) is 0. The molecule has 1 saturated heterocycles. The van der Waals surface area contributed by atoms with Crippen LogP contribution in [0.25, 0.3) is 0 Å². The van der Waals surface area contributed by atoms with E-state index in [1.807, 2.05) is 42.5 Å². The quantitative estimate of drug-likeness (QED) is 0.725. The molecule has 0 spiro atoms. The number of carbonyl (C=O) groups is 2. The number of nitrogens with one attached hydrogen (secondary N) is 1.